The Balaban J connectivity index is 1.58. The highest BCUT2D eigenvalue weighted by atomic mass is 16.6. The molecule has 0 aromatic heterocycles. The van der Waals surface area contributed by atoms with E-state index in [1.54, 1.807) is 19.1 Å². The molecule has 30 heavy (non-hydrogen) atoms. The number of carbonyl (C=O) groups is 1. The van der Waals surface area contributed by atoms with Gasteiger partial charge in [0.05, 0.1) is 11.1 Å². The number of hydrogen-bond acceptors (Lipinski definition) is 6. The number of phenols is 1. The van der Waals surface area contributed by atoms with Gasteiger partial charge in [-0.3, -0.25) is 14.9 Å². The van der Waals surface area contributed by atoms with Crippen LogP contribution in [0.15, 0.2) is 77.9 Å². The second-order valence-corrected chi connectivity index (χ2v) is 6.38. The van der Waals surface area contributed by atoms with Crippen LogP contribution in [0.5, 0.6) is 11.5 Å². The third-order valence-corrected chi connectivity index (χ3v) is 4.24. The van der Waals surface area contributed by atoms with Crippen molar-refractivity contribution in [2.45, 2.75) is 13.0 Å². The molecule has 152 valence electrons. The molecule has 0 bridgehead atoms. The molecule has 0 aliphatic heterocycles. The van der Waals surface area contributed by atoms with Crippen LogP contribution in [0.1, 0.15) is 12.5 Å². The number of phenolic OH excluding ortho intramolecular Hbond substituents is 1. The maximum atomic E-state index is 12.2. The van der Waals surface area contributed by atoms with Crippen molar-refractivity contribution in [1.29, 1.82) is 0 Å². The largest absolute Gasteiger partial charge is 0.507 e. The van der Waals surface area contributed by atoms with Gasteiger partial charge in [-0.1, -0.05) is 42.5 Å². The van der Waals surface area contributed by atoms with E-state index in [2.05, 4.69) is 10.5 Å². The number of aromatic hydroxyl groups is 1. The van der Waals surface area contributed by atoms with Gasteiger partial charge >= 0.3 is 0 Å². The Bertz CT molecular complexity index is 1070. The van der Waals surface area contributed by atoms with Gasteiger partial charge in [-0.05, 0) is 36.2 Å². The zero-order chi connectivity index (χ0) is 21.5. The van der Waals surface area contributed by atoms with E-state index in [4.69, 9.17) is 4.74 Å². The minimum Gasteiger partial charge on any atom is -0.507 e. The van der Waals surface area contributed by atoms with Crippen LogP contribution < -0.4 is 10.2 Å². The summed E-state index contributed by atoms with van der Waals surface area (Å²) in [7, 11) is 0. The first kappa shape index (κ1) is 20.5. The Morgan fingerprint density at radius 1 is 1.10 bits per heavy atom. The third kappa shape index (κ3) is 5.20. The van der Waals surface area contributed by atoms with Crippen molar-refractivity contribution in [2.75, 3.05) is 0 Å². The van der Waals surface area contributed by atoms with Gasteiger partial charge in [0.15, 0.2) is 6.10 Å². The molecular formula is C22H19N3O5. The van der Waals surface area contributed by atoms with Crippen LogP contribution in [0, 0.1) is 10.1 Å². The Hall–Kier alpha value is -4.20. The summed E-state index contributed by atoms with van der Waals surface area (Å²) in [4.78, 5) is 22.4. The molecule has 0 fully saturated rings. The molecule has 0 aliphatic rings. The van der Waals surface area contributed by atoms with Crippen molar-refractivity contribution in [3.05, 3.63) is 88.5 Å². The molecule has 1 amide bonds. The summed E-state index contributed by atoms with van der Waals surface area (Å²) in [6.45, 7) is 1.57. The number of nitro groups is 1. The van der Waals surface area contributed by atoms with E-state index in [-0.39, 0.29) is 17.0 Å². The summed E-state index contributed by atoms with van der Waals surface area (Å²) in [6, 6.07) is 20.7. The van der Waals surface area contributed by atoms with E-state index >= 15 is 0 Å². The fourth-order valence-electron chi connectivity index (χ4n) is 2.63. The summed E-state index contributed by atoms with van der Waals surface area (Å²) in [6.07, 6.45) is 0.296. The number of hydrazone groups is 1. The molecule has 0 unspecified atom stereocenters. The van der Waals surface area contributed by atoms with Crippen LogP contribution in [0.3, 0.4) is 0 Å². The maximum absolute atomic E-state index is 12.2. The van der Waals surface area contributed by atoms with Gasteiger partial charge in [-0.25, -0.2) is 5.43 Å². The average Bonchev–Trinajstić information content (AvgIpc) is 2.76. The second kappa shape index (κ2) is 9.33. The van der Waals surface area contributed by atoms with Crippen LogP contribution in [0.4, 0.5) is 5.69 Å². The van der Waals surface area contributed by atoms with E-state index in [1.807, 2.05) is 42.5 Å². The SMILES string of the molecule is C[C@@H](Oc1ccc(-c2ccccc2)cc1)C(=O)N/N=C/c1cc([N+](=O)[O-])ccc1O. The zero-order valence-electron chi connectivity index (χ0n) is 16.1. The first-order valence-corrected chi connectivity index (χ1v) is 9.06. The molecule has 3 rings (SSSR count). The number of rotatable bonds is 7. The number of nitro benzene ring substituents is 1. The highest BCUT2D eigenvalue weighted by molar-refractivity contribution is 5.87. The maximum Gasteiger partial charge on any atom is 0.280 e. The lowest BCUT2D eigenvalue weighted by atomic mass is 10.1. The molecule has 0 spiro atoms. The number of nitrogens with zero attached hydrogens (tertiary/aromatic N) is 2. The Morgan fingerprint density at radius 2 is 1.77 bits per heavy atom. The van der Waals surface area contributed by atoms with Gasteiger partial charge in [0.2, 0.25) is 0 Å². The quantitative estimate of drug-likeness (QED) is 0.352. The van der Waals surface area contributed by atoms with Gasteiger partial charge in [-0.15, -0.1) is 0 Å². The fourth-order valence-corrected chi connectivity index (χ4v) is 2.63. The van der Waals surface area contributed by atoms with Crippen molar-refractivity contribution in [3.63, 3.8) is 0 Å². The Morgan fingerprint density at radius 3 is 2.43 bits per heavy atom. The fraction of sp³-hybridized carbons (Fsp3) is 0.0909. The van der Waals surface area contributed by atoms with E-state index in [0.717, 1.165) is 23.4 Å². The summed E-state index contributed by atoms with van der Waals surface area (Å²) in [5.41, 5.74) is 4.30. The summed E-state index contributed by atoms with van der Waals surface area (Å²) >= 11 is 0. The molecule has 2 N–H and O–H groups in total. The monoisotopic (exact) mass is 405 g/mol. The van der Waals surface area contributed by atoms with Gasteiger partial charge in [0, 0.05) is 17.7 Å². The number of benzene rings is 3. The van der Waals surface area contributed by atoms with Crippen molar-refractivity contribution in [1.82, 2.24) is 5.43 Å². The summed E-state index contributed by atoms with van der Waals surface area (Å²) in [5, 5.41) is 24.3. The van der Waals surface area contributed by atoms with Crippen LogP contribution in [0.2, 0.25) is 0 Å². The van der Waals surface area contributed by atoms with Crippen molar-refractivity contribution >= 4 is 17.8 Å². The molecule has 0 radical (unpaired) electrons. The van der Waals surface area contributed by atoms with Crippen molar-refractivity contribution in [2.24, 2.45) is 5.10 Å². The molecule has 0 heterocycles. The summed E-state index contributed by atoms with van der Waals surface area (Å²) < 4.78 is 5.62. The van der Waals surface area contributed by atoms with Crippen LogP contribution in [-0.2, 0) is 4.79 Å². The van der Waals surface area contributed by atoms with Gasteiger partial charge < -0.3 is 9.84 Å². The van der Waals surface area contributed by atoms with E-state index in [0.29, 0.717) is 5.75 Å². The number of nitrogens with one attached hydrogen (secondary N) is 1. The topological polar surface area (TPSA) is 114 Å². The standard InChI is InChI=1S/C22H19N3O5/c1-15(30-20-10-7-17(8-11-20)16-5-3-2-4-6-16)22(27)24-23-14-18-13-19(25(28)29)9-12-21(18)26/h2-15,26H,1H3,(H,24,27)/b23-14+/t15-/m1/s1. The van der Waals surface area contributed by atoms with Crippen LogP contribution in [-0.4, -0.2) is 28.3 Å². The smallest absolute Gasteiger partial charge is 0.280 e. The summed E-state index contributed by atoms with van der Waals surface area (Å²) in [5.74, 6) is -0.178. The third-order valence-electron chi connectivity index (χ3n) is 4.24. The molecule has 8 nitrogen and oxygen atoms in total. The molecule has 1 atom stereocenters. The predicted octanol–water partition coefficient (Wildman–Crippen LogP) is 3.89. The number of carbonyl (C=O) groups excluding carboxylic acids is 1. The number of ether oxygens (including phenoxy) is 1. The van der Waals surface area contributed by atoms with Crippen LogP contribution >= 0.6 is 0 Å². The first-order chi connectivity index (χ1) is 14.4. The van der Waals surface area contributed by atoms with E-state index in [1.165, 1.54) is 12.1 Å². The Kier molecular flexibility index (Phi) is 6.39. The molecule has 3 aromatic rings. The average molecular weight is 405 g/mol. The van der Waals surface area contributed by atoms with Crippen LogP contribution in [0.25, 0.3) is 11.1 Å². The highest BCUT2D eigenvalue weighted by Gasteiger charge is 2.14. The number of amides is 1. The lowest BCUT2D eigenvalue weighted by Crippen LogP contribution is -2.33. The minimum absolute atomic E-state index is 0.106. The molecule has 0 aliphatic carbocycles. The number of non-ortho nitro benzene ring substituents is 1. The second-order valence-electron chi connectivity index (χ2n) is 6.38. The lowest BCUT2D eigenvalue weighted by molar-refractivity contribution is -0.384. The lowest BCUT2D eigenvalue weighted by Gasteiger charge is -2.13. The minimum atomic E-state index is -0.830. The van der Waals surface area contributed by atoms with Gasteiger partial charge in [0.1, 0.15) is 11.5 Å². The first-order valence-electron chi connectivity index (χ1n) is 9.06. The van der Waals surface area contributed by atoms with Gasteiger partial charge in [-0.2, -0.15) is 5.10 Å². The molecule has 0 saturated carbocycles. The van der Waals surface area contributed by atoms with Crippen molar-refractivity contribution < 1.29 is 19.6 Å². The molecule has 8 heteroatoms. The highest BCUT2D eigenvalue weighted by Crippen LogP contribution is 2.23. The van der Waals surface area contributed by atoms with Crippen molar-refractivity contribution in [3.8, 4) is 22.6 Å². The molecule has 0 saturated heterocycles. The van der Waals surface area contributed by atoms with Gasteiger partial charge in [0.25, 0.3) is 11.6 Å². The Labute approximate surface area is 172 Å². The zero-order valence-corrected chi connectivity index (χ0v) is 16.1. The van der Waals surface area contributed by atoms with E-state index < -0.39 is 16.9 Å². The normalized spacial score (nSPS) is 11.8. The number of hydrogen-bond donors (Lipinski definition) is 2. The van der Waals surface area contributed by atoms with E-state index in [9.17, 15) is 20.0 Å². The molecular weight excluding hydrogens is 386 g/mol. The molecule has 3 aromatic carbocycles. The predicted molar refractivity (Wildman–Crippen MR) is 112 cm³/mol.